The highest BCUT2D eigenvalue weighted by atomic mass is 19.1. The molecule has 0 unspecified atom stereocenters. The van der Waals surface area contributed by atoms with E-state index in [1.54, 1.807) is 7.05 Å². The third kappa shape index (κ3) is 3.25. The van der Waals surface area contributed by atoms with E-state index in [9.17, 15) is 13.6 Å². The molecular weight excluding hydrogens is 264 g/mol. The highest BCUT2D eigenvalue weighted by Gasteiger charge is 2.19. The van der Waals surface area contributed by atoms with Crippen molar-refractivity contribution in [1.29, 1.82) is 0 Å². The number of rotatable bonds is 4. The smallest absolute Gasteiger partial charge is 0.256 e. The number of likely N-dealkylation sites (N-methyl/N-ethyl adjacent to an activating group) is 1. The number of carbonyl (C=O) groups excluding carboxylic acids is 1. The Morgan fingerprint density at radius 3 is 2.60 bits per heavy atom. The number of nitrogens with two attached hydrogens (primary N) is 1. The molecule has 1 fully saturated rings. The first kappa shape index (κ1) is 14.7. The van der Waals surface area contributed by atoms with Crippen LogP contribution in [0.3, 0.4) is 0 Å². The number of carbonyl (C=O) groups is 1. The van der Waals surface area contributed by atoms with Gasteiger partial charge in [0, 0.05) is 26.2 Å². The van der Waals surface area contributed by atoms with Gasteiger partial charge < -0.3 is 15.5 Å². The Morgan fingerprint density at radius 2 is 1.95 bits per heavy atom. The molecule has 6 heteroatoms. The van der Waals surface area contributed by atoms with Crippen LogP contribution < -0.4 is 5.73 Å². The zero-order chi connectivity index (χ0) is 14.7. The van der Waals surface area contributed by atoms with E-state index in [2.05, 4.69) is 4.90 Å². The van der Waals surface area contributed by atoms with E-state index in [4.69, 9.17) is 5.73 Å². The van der Waals surface area contributed by atoms with Gasteiger partial charge in [-0.25, -0.2) is 8.78 Å². The van der Waals surface area contributed by atoms with Crippen LogP contribution >= 0.6 is 0 Å². The maximum Gasteiger partial charge on any atom is 0.256 e. The average Bonchev–Trinajstić information content (AvgIpc) is 2.92. The Bertz CT molecular complexity index is 501. The fourth-order valence-corrected chi connectivity index (χ4v) is 2.33. The second-order valence-electron chi connectivity index (χ2n) is 5.13. The van der Waals surface area contributed by atoms with Gasteiger partial charge in [-0.2, -0.15) is 0 Å². The Balaban J connectivity index is 2.00. The number of nitrogen functional groups attached to an aromatic ring is 1. The lowest BCUT2D eigenvalue weighted by atomic mass is 10.1. The van der Waals surface area contributed by atoms with Gasteiger partial charge in [0.2, 0.25) is 0 Å². The summed E-state index contributed by atoms with van der Waals surface area (Å²) in [6, 6.07) is 1.70. The van der Waals surface area contributed by atoms with E-state index < -0.39 is 17.5 Å². The summed E-state index contributed by atoms with van der Waals surface area (Å²) in [5, 5.41) is 0. The average molecular weight is 283 g/mol. The van der Waals surface area contributed by atoms with Crippen molar-refractivity contribution in [1.82, 2.24) is 9.80 Å². The number of amides is 1. The largest absolute Gasteiger partial charge is 0.396 e. The van der Waals surface area contributed by atoms with Crippen molar-refractivity contribution in [2.24, 2.45) is 0 Å². The molecule has 1 aliphatic rings. The molecule has 4 nitrogen and oxygen atoms in total. The maximum absolute atomic E-state index is 13.6. The standard InChI is InChI=1S/C14H19F2N3O/c1-18(6-7-19-4-2-3-5-19)14(20)10-8-13(17)12(16)9-11(10)15/h8-9H,2-7,17H2,1H3. The molecule has 1 saturated heterocycles. The van der Waals surface area contributed by atoms with Crippen LogP contribution in [0, 0.1) is 11.6 Å². The number of likely N-dealkylation sites (tertiary alicyclic amines) is 1. The molecule has 1 amide bonds. The lowest BCUT2D eigenvalue weighted by Gasteiger charge is -2.22. The predicted octanol–water partition coefficient (Wildman–Crippen LogP) is 1.71. The Kier molecular flexibility index (Phi) is 4.54. The summed E-state index contributed by atoms with van der Waals surface area (Å²) in [5.41, 5.74) is 4.97. The monoisotopic (exact) mass is 283 g/mol. The highest BCUT2D eigenvalue weighted by molar-refractivity contribution is 5.95. The maximum atomic E-state index is 13.6. The van der Waals surface area contributed by atoms with Crippen molar-refractivity contribution in [2.75, 3.05) is 39.0 Å². The van der Waals surface area contributed by atoms with Crippen molar-refractivity contribution >= 4 is 11.6 Å². The lowest BCUT2D eigenvalue weighted by Crippen LogP contribution is -2.35. The van der Waals surface area contributed by atoms with Crippen molar-refractivity contribution in [3.8, 4) is 0 Å². The zero-order valence-electron chi connectivity index (χ0n) is 11.5. The van der Waals surface area contributed by atoms with Crippen LogP contribution in [-0.4, -0.2) is 48.9 Å². The van der Waals surface area contributed by atoms with Crippen molar-refractivity contribution in [3.63, 3.8) is 0 Å². The number of halogens is 2. The highest BCUT2D eigenvalue weighted by Crippen LogP contribution is 2.18. The van der Waals surface area contributed by atoms with Crippen LogP contribution in [0.5, 0.6) is 0 Å². The summed E-state index contributed by atoms with van der Waals surface area (Å²) >= 11 is 0. The lowest BCUT2D eigenvalue weighted by molar-refractivity contribution is 0.0777. The van der Waals surface area contributed by atoms with E-state index in [-0.39, 0.29) is 11.3 Å². The van der Waals surface area contributed by atoms with Gasteiger partial charge in [-0.1, -0.05) is 0 Å². The fraction of sp³-hybridized carbons (Fsp3) is 0.500. The first-order valence-electron chi connectivity index (χ1n) is 6.71. The van der Waals surface area contributed by atoms with Gasteiger partial charge in [-0.05, 0) is 32.0 Å². The molecule has 1 aliphatic heterocycles. The van der Waals surface area contributed by atoms with Gasteiger partial charge in [-0.15, -0.1) is 0 Å². The Morgan fingerprint density at radius 1 is 1.30 bits per heavy atom. The van der Waals surface area contributed by atoms with Crippen LogP contribution in [-0.2, 0) is 0 Å². The molecule has 0 aliphatic carbocycles. The van der Waals surface area contributed by atoms with Crippen molar-refractivity contribution in [3.05, 3.63) is 29.3 Å². The molecule has 2 N–H and O–H groups in total. The molecule has 1 aromatic carbocycles. The Hall–Kier alpha value is -1.69. The minimum absolute atomic E-state index is 0.187. The third-order valence-electron chi connectivity index (χ3n) is 3.61. The second kappa shape index (κ2) is 6.17. The summed E-state index contributed by atoms with van der Waals surface area (Å²) in [5.74, 6) is -2.21. The third-order valence-corrected chi connectivity index (χ3v) is 3.61. The molecule has 0 spiro atoms. The summed E-state index contributed by atoms with van der Waals surface area (Å²) in [6.45, 7) is 3.36. The summed E-state index contributed by atoms with van der Waals surface area (Å²) < 4.78 is 26.7. The van der Waals surface area contributed by atoms with E-state index in [1.165, 1.54) is 17.7 Å². The van der Waals surface area contributed by atoms with Gasteiger partial charge in [0.25, 0.3) is 5.91 Å². The molecule has 20 heavy (non-hydrogen) atoms. The molecule has 110 valence electrons. The minimum atomic E-state index is -0.880. The summed E-state index contributed by atoms with van der Waals surface area (Å²) in [7, 11) is 1.61. The molecule has 0 aromatic heterocycles. The molecule has 0 saturated carbocycles. The van der Waals surface area contributed by atoms with Gasteiger partial charge in [-0.3, -0.25) is 4.79 Å². The molecule has 0 atom stereocenters. The van der Waals surface area contributed by atoms with Crippen LogP contribution in [0.25, 0.3) is 0 Å². The number of nitrogens with zero attached hydrogens (tertiary/aromatic N) is 2. The van der Waals surface area contributed by atoms with Gasteiger partial charge in [0.15, 0.2) is 0 Å². The number of hydrogen-bond donors (Lipinski definition) is 1. The van der Waals surface area contributed by atoms with Crippen LogP contribution in [0.15, 0.2) is 12.1 Å². The number of hydrogen-bond acceptors (Lipinski definition) is 3. The first-order chi connectivity index (χ1) is 9.49. The molecule has 1 heterocycles. The topological polar surface area (TPSA) is 49.6 Å². The summed E-state index contributed by atoms with van der Waals surface area (Å²) in [6.07, 6.45) is 2.36. The zero-order valence-corrected chi connectivity index (χ0v) is 11.5. The SMILES string of the molecule is CN(CCN1CCCC1)C(=O)c1cc(N)c(F)cc1F. The molecule has 1 aromatic rings. The van der Waals surface area contributed by atoms with E-state index in [0.717, 1.165) is 25.7 Å². The predicted molar refractivity (Wildman–Crippen MR) is 73.4 cm³/mol. The van der Waals surface area contributed by atoms with Gasteiger partial charge in [0.1, 0.15) is 11.6 Å². The molecular formula is C14H19F2N3O. The van der Waals surface area contributed by atoms with Gasteiger partial charge >= 0.3 is 0 Å². The number of benzene rings is 1. The molecule has 0 bridgehead atoms. The fourth-order valence-electron chi connectivity index (χ4n) is 2.33. The molecule has 2 rings (SSSR count). The minimum Gasteiger partial charge on any atom is -0.396 e. The summed E-state index contributed by atoms with van der Waals surface area (Å²) in [4.78, 5) is 15.8. The van der Waals surface area contributed by atoms with E-state index in [1.807, 2.05) is 0 Å². The Labute approximate surface area is 117 Å². The van der Waals surface area contributed by atoms with Crippen LogP contribution in [0.2, 0.25) is 0 Å². The van der Waals surface area contributed by atoms with Crippen LogP contribution in [0.1, 0.15) is 23.2 Å². The quantitative estimate of drug-likeness (QED) is 0.856. The van der Waals surface area contributed by atoms with E-state index >= 15 is 0 Å². The van der Waals surface area contributed by atoms with E-state index in [0.29, 0.717) is 12.6 Å². The first-order valence-corrected chi connectivity index (χ1v) is 6.71. The normalized spacial score (nSPS) is 15.6. The van der Waals surface area contributed by atoms with Crippen molar-refractivity contribution < 1.29 is 13.6 Å². The number of anilines is 1. The second-order valence-corrected chi connectivity index (χ2v) is 5.13. The van der Waals surface area contributed by atoms with Crippen LogP contribution in [0.4, 0.5) is 14.5 Å². The molecule has 0 radical (unpaired) electrons. The van der Waals surface area contributed by atoms with Crippen molar-refractivity contribution in [2.45, 2.75) is 12.8 Å². The van der Waals surface area contributed by atoms with Gasteiger partial charge in [0.05, 0.1) is 11.3 Å².